The molecule has 8 atom stereocenters. The molecule has 5 aliphatic rings. The smallest absolute Gasteiger partial charge is 0.407 e. The number of carbonyl (C=O) groups excluding carboxylic acids is 4. The van der Waals surface area contributed by atoms with Crippen LogP contribution in [0.25, 0.3) is 33.7 Å². The van der Waals surface area contributed by atoms with Crippen LogP contribution in [-0.4, -0.2) is 117 Å². The average Bonchev–Trinajstić information content (AvgIpc) is 4.54. The van der Waals surface area contributed by atoms with Crippen molar-refractivity contribution in [1.82, 2.24) is 40.4 Å². The summed E-state index contributed by atoms with van der Waals surface area (Å²) in [4.78, 5) is 74.0. The number of nitrogens with one attached hydrogen (secondary N) is 4. The van der Waals surface area contributed by atoms with Gasteiger partial charge in [-0.25, -0.2) is 19.6 Å². The number of aromatic nitrogens is 4. The van der Waals surface area contributed by atoms with Crippen molar-refractivity contribution in [2.75, 3.05) is 51.3 Å². The number of aromatic amines is 2. The Morgan fingerprint density at radius 2 is 1.22 bits per heavy atom. The van der Waals surface area contributed by atoms with Gasteiger partial charge in [0.05, 0.1) is 50.1 Å². The number of hydrogen-bond donors (Lipinski definition) is 4. The van der Waals surface area contributed by atoms with Crippen molar-refractivity contribution in [3.8, 4) is 22.5 Å². The van der Waals surface area contributed by atoms with Gasteiger partial charge in [-0.3, -0.25) is 9.59 Å². The van der Waals surface area contributed by atoms with Gasteiger partial charge in [0.15, 0.2) is 0 Å². The van der Waals surface area contributed by atoms with Gasteiger partial charge in [-0.15, -0.1) is 0 Å². The van der Waals surface area contributed by atoms with E-state index in [1.54, 1.807) is 23.5 Å². The lowest BCUT2D eigenvalue weighted by molar-refractivity contribution is -0.135. The molecule has 4 heterocycles. The molecule has 2 aromatic carbocycles. The van der Waals surface area contributed by atoms with Crippen LogP contribution in [0.3, 0.4) is 0 Å². The zero-order chi connectivity index (χ0) is 55.6. The van der Waals surface area contributed by atoms with Crippen LogP contribution in [0.15, 0.2) is 122 Å². The monoisotopic (exact) mass is 1110 g/mol. The number of benzene rings is 2. The van der Waals surface area contributed by atoms with Gasteiger partial charge in [0.2, 0.25) is 11.8 Å². The summed E-state index contributed by atoms with van der Waals surface area (Å²) < 4.78 is 9.80. The number of likely N-dealkylation sites (tertiary alicyclic amines) is 2. The van der Waals surface area contributed by atoms with E-state index in [-0.39, 0.29) is 23.9 Å². The van der Waals surface area contributed by atoms with Gasteiger partial charge >= 0.3 is 12.2 Å². The molecule has 2 saturated heterocycles. The highest BCUT2D eigenvalue weighted by Crippen LogP contribution is 2.51. The Kier molecular flexibility index (Phi) is 19.3. The first kappa shape index (κ1) is 57.2. The molecule has 2 aliphatic heterocycles. The maximum absolute atomic E-state index is 14.2. The number of nitrogens with zero attached hydrogens (tertiary/aromatic N) is 4. The number of allylic oxidation sites excluding steroid dienone is 9. The number of alkyl carbamates (subject to hydrolysis) is 2. The van der Waals surface area contributed by atoms with Gasteiger partial charge in [-0.05, 0) is 163 Å². The molecule has 4 unspecified atom stereocenters. The highest BCUT2D eigenvalue weighted by Gasteiger charge is 2.50. The van der Waals surface area contributed by atoms with Crippen molar-refractivity contribution >= 4 is 58.7 Å². The molecule has 418 valence electrons. The lowest BCUT2D eigenvalue weighted by Gasteiger charge is -2.30. The van der Waals surface area contributed by atoms with Crippen LogP contribution in [-0.2, 0) is 19.1 Å². The zero-order valence-electron chi connectivity index (χ0n) is 46.4. The number of fused-ring (bicyclic) bond motifs is 2. The number of rotatable bonds is 17. The van der Waals surface area contributed by atoms with Crippen molar-refractivity contribution in [2.24, 2.45) is 23.7 Å². The molecule has 16 heteroatoms. The molecule has 14 nitrogen and oxygen atoms in total. The molecule has 4 amide bonds. The number of imidazole rings is 2. The van der Waals surface area contributed by atoms with Crippen molar-refractivity contribution in [2.45, 2.75) is 108 Å². The average molecular weight is 1110 g/mol. The summed E-state index contributed by atoms with van der Waals surface area (Å²) in [6.07, 6.45) is 27.0. The quantitative estimate of drug-likeness (QED) is 0.0796. The Morgan fingerprint density at radius 1 is 0.709 bits per heavy atom. The second-order valence-electron chi connectivity index (χ2n) is 21.8. The first-order valence-corrected chi connectivity index (χ1v) is 30.9. The summed E-state index contributed by atoms with van der Waals surface area (Å²) >= 11 is 3.29. The van der Waals surface area contributed by atoms with Crippen LogP contribution < -0.4 is 10.6 Å². The van der Waals surface area contributed by atoms with Gasteiger partial charge < -0.3 is 39.9 Å². The van der Waals surface area contributed by atoms with Crippen molar-refractivity contribution in [3.05, 3.63) is 144 Å². The highest BCUT2D eigenvalue weighted by molar-refractivity contribution is 7.98. The fourth-order valence-electron chi connectivity index (χ4n) is 13.0. The zero-order valence-corrected chi connectivity index (χ0v) is 48.0. The Bertz CT molecular complexity index is 2960. The van der Waals surface area contributed by atoms with E-state index in [9.17, 15) is 19.2 Å². The number of methoxy groups -OCH3 is 2. The van der Waals surface area contributed by atoms with Crippen LogP contribution in [0.1, 0.15) is 118 Å². The van der Waals surface area contributed by atoms with Crippen LogP contribution in [0.4, 0.5) is 9.59 Å². The molecule has 0 spiro atoms. The highest BCUT2D eigenvalue weighted by atomic mass is 32.2. The molecule has 0 radical (unpaired) electrons. The van der Waals surface area contributed by atoms with E-state index in [0.717, 1.165) is 150 Å². The van der Waals surface area contributed by atoms with E-state index >= 15 is 0 Å². The van der Waals surface area contributed by atoms with E-state index in [4.69, 9.17) is 19.4 Å². The first-order valence-electron chi connectivity index (χ1n) is 28.1. The molecule has 2 aromatic heterocycles. The number of H-pyrrole nitrogens is 2. The van der Waals surface area contributed by atoms with Crippen LogP contribution in [0.5, 0.6) is 0 Å². The minimum atomic E-state index is -0.667. The number of thioether (sulfide) groups is 2. The topological polar surface area (TPSA) is 175 Å². The second-order valence-corrected chi connectivity index (χ2v) is 23.8. The molecule has 79 heavy (non-hydrogen) atoms. The largest absolute Gasteiger partial charge is 0.453 e. The van der Waals surface area contributed by atoms with Crippen LogP contribution in [0, 0.1) is 23.7 Å². The number of carbonyl (C=O) groups is 4. The molecular formula is C63H78N8O6S2. The summed E-state index contributed by atoms with van der Waals surface area (Å²) in [5.74, 6) is 4.29. The fourth-order valence-corrected chi connectivity index (χ4v) is 13.9. The Labute approximate surface area is 474 Å². The van der Waals surface area contributed by atoms with Gasteiger partial charge in [0.1, 0.15) is 23.7 Å². The minimum absolute atomic E-state index is 0.0830. The molecule has 4 aromatic rings. The number of hydrogen-bond acceptors (Lipinski definition) is 10. The Morgan fingerprint density at radius 3 is 1.71 bits per heavy atom. The number of ether oxygens (including phenoxy) is 2. The van der Waals surface area contributed by atoms with E-state index in [0.29, 0.717) is 49.6 Å². The van der Waals surface area contributed by atoms with Crippen molar-refractivity contribution in [1.29, 1.82) is 0 Å². The third-order valence-corrected chi connectivity index (χ3v) is 18.3. The maximum Gasteiger partial charge on any atom is 0.407 e. The molecule has 9 rings (SSSR count). The molecule has 0 bridgehead atoms. The normalized spacial score (nSPS) is 24.7. The van der Waals surface area contributed by atoms with Crippen LogP contribution in [0.2, 0.25) is 0 Å². The Balaban J connectivity index is 0.886. The molecule has 2 saturated carbocycles. The van der Waals surface area contributed by atoms with E-state index in [1.165, 1.54) is 19.8 Å². The van der Waals surface area contributed by atoms with Crippen molar-refractivity contribution < 1.29 is 28.7 Å². The minimum Gasteiger partial charge on any atom is -0.453 e. The van der Waals surface area contributed by atoms with E-state index < -0.39 is 24.3 Å². The first-order chi connectivity index (χ1) is 38.4. The molecule has 4 N–H and O–H groups in total. The summed E-state index contributed by atoms with van der Waals surface area (Å²) in [5.41, 5.74) is 11.4. The Hall–Kier alpha value is -6.52. The lowest BCUT2D eigenvalue weighted by atomic mass is 9.89. The molecule has 3 aliphatic carbocycles. The maximum atomic E-state index is 14.2. The standard InChI is InChI=1S/C63H78N8O6S2/c1-8-48(42-22-26-44(27-23-42)54-35-64-58(66-54)56-49-18-12-16-46(49)37-70(56)60(72)52(30-32-78-6)68-62(74)76-4)41-15-11-9-10-14-40(3)51(34-39(2)20-21-41)43-24-28-45(29-25-43)55-36-65-59(67-55)57-50-19-13-17-47(50)38-71(57)61(73)53(31-33-79-7)69-63(75)77-5/h8,11,15,22-29,34-36,46-47,49-50,52-53,56-57H,1-3,9-10,12-14,16-21,30-33,37-38H2,4-7H3,(H,64,66)(H,65,67)(H,68,74)(H,69,75)/b15-11-,48-41-,51-34+/t46?,47?,49?,50?,52-,53-,56-,57-/m0/s1. The molecular weight excluding hydrogens is 1030 g/mol. The van der Waals surface area contributed by atoms with Gasteiger partial charge in [0, 0.05) is 13.1 Å². The summed E-state index contributed by atoms with van der Waals surface area (Å²) in [5, 5.41) is 5.62. The summed E-state index contributed by atoms with van der Waals surface area (Å²) in [6, 6.07) is 15.4. The second kappa shape index (κ2) is 26.6. The number of amides is 4. The van der Waals surface area contributed by atoms with Gasteiger partial charge in [0.25, 0.3) is 0 Å². The molecule has 4 fully saturated rings. The third-order valence-electron chi connectivity index (χ3n) is 17.0. The van der Waals surface area contributed by atoms with Crippen LogP contribution >= 0.6 is 23.5 Å². The van der Waals surface area contributed by atoms with E-state index in [1.807, 2.05) is 40.8 Å². The van der Waals surface area contributed by atoms with E-state index in [2.05, 4.69) is 107 Å². The predicted molar refractivity (Wildman–Crippen MR) is 319 cm³/mol. The summed E-state index contributed by atoms with van der Waals surface area (Å²) in [6.45, 7) is 14.7. The summed E-state index contributed by atoms with van der Waals surface area (Å²) in [7, 11) is 2.65. The van der Waals surface area contributed by atoms with Crippen molar-refractivity contribution in [3.63, 3.8) is 0 Å². The SMILES string of the molecule is C=C/C(=C1\C=C/CCCC(=C)/C(c2ccc(-c3cnc([C@@H]4C5CCCC5CN4C(=O)[C@H](CCSC)NC(=O)OC)[nH]3)cc2)=C\C(=C)CC1)c1ccc(-c2cnc([C@@H]3C4CCCC4CN3C(=O)[C@H](CCSC)NC(=O)OC)[nH]2)cc1. The third kappa shape index (κ3) is 13.1. The van der Waals surface area contributed by atoms with Gasteiger partial charge in [-0.1, -0.05) is 111 Å². The fraction of sp³-hybridized carbons (Fsp3) is 0.460. The predicted octanol–water partition coefficient (Wildman–Crippen LogP) is 12.7. The lowest BCUT2D eigenvalue weighted by Crippen LogP contribution is -2.49. The van der Waals surface area contributed by atoms with Gasteiger partial charge in [-0.2, -0.15) is 23.5 Å².